The third-order valence-corrected chi connectivity index (χ3v) is 3.93. The minimum atomic E-state index is -0.566. The molecule has 0 spiro atoms. The number of anilines is 1. The predicted molar refractivity (Wildman–Crippen MR) is 89.7 cm³/mol. The summed E-state index contributed by atoms with van der Waals surface area (Å²) >= 11 is 9.36. The lowest BCUT2D eigenvalue weighted by atomic mass is 10.1. The number of benzene rings is 2. The molecule has 1 amide bonds. The molecule has 0 aliphatic heterocycles. The number of carbonyl (C=O) groups is 1. The van der Waals surface area contributed by atoms with Gasteiger partial charge in [-0.2, -0.15) is 0 Å². The van der Waals surface area contributed by atoms with E-state index in [2.05, 4.69) is 21.2 Å². The Morgan fingerprint density at radius 3 is 2.36 bits per heavy atom. The molecular formula is C15H12BrClN2O3. The minimum absolute atomic E-state index is 0.0672. The molecule has 0 saturated carbocycles. The summed E-state index contributed by atoms with van der Waals surface area (Å²) in [5.41, 5.74) is 2.30. The number of nitrogens with one attached hydrogen (secondary N) is 1. The fraction of sp³-hybridized carbons (Fsp3) is 0.133. The quantitative estimate of drug-likeness (QED) is 0.606. The van der Waals surface area contributed by atoms with Gasteiger partial charge in [-0.15, -0.1) is 0 Å². The van der Waals surface area contributed by atoms with E-state index in [1.165, 1.54) is 18.2 Å². The third-order valence-electron chi connectivity index (χ3n) is 3.14. The van der Waals surface area contributed by atoms with Crippen LogP contribution in [0.1, 0.15) is 21.5 Å². The van der Waals surface area contributed by atoms with Gasteiger partial charge in [-0.3, -0.25) is 14.9 Å². The van der Waals surface area contributed by atoms with Crippen molar-refractivity contribution in [3.8, 4) is 0 Å². The van der Waals surface area contributed by atoms with Gasteiger partial charge < -0.3 is 5.32 Å². The molecule has 22 heavy (non-hydrogen) atoms. The van der Waals surface area contributed by atoms with Crippen LogP contribution in [0.2, 0.25) is 5.02 Å². The lowest BCUT2D eigenvalue weighted by Gasteiger charge is -2.13. The van der Waals surface area contributed by atoms with E-state index < -0.39 is 10.8 Å². The summed E-state index contributed by atoms with van der Waals surface area (Å²) < 4.78 is 0.911. The Morgan fingerprint density at radius 2 is 1.82 bits per heavy atom. The Bertz CT molecular complexity index is 754. The molecule has 0 aromatic heterocycles. The van der Waals surface area contributed by atoms with Gasteiger partial charge in [-0.1, -0.05) is 27.5 Å². The lowest BCUT2D eigenvalue weighted by molar-refractivity contribution is -0.384. The van der Waals surface area contributed by atoms with Crippen LogP contribution in [-0.4, -0.2) is 10.8 Å². The van der Waals surface area contributed by atoms with E-state index in [0.717, 1.165) is 15.6 Å². The van der Waals surface area contributed by atoms with Crippen LogP contribution in [0.15, 0.2) is 34.8 Å². The van der Waals surface area contributed by atoms with Gasteiger partial charge >= 0.3 is 0 Å². The van der Waals surface area contributed by atoms with E-state index in [1.807, 2.05) is 26.0 Å². The summed E-state index contributed by atoms with van der Waals surface area (Å²) in [7, 11) is 0. The van der Waals surface area contributed by atoms with E-state index in [1.54, 1.807) is 0 Å². The van der Waals surface area contributed by atoms with Gasteiger partial charge in [0, 0.05) is 22.3 Å². The lowest BCUT2D eigenvalue weighted by Crippen LogP contribution is -2.14. The first kappa shape index (κ1) is 16.5. The molecule has 0 bridgehead atoms. The third kappa shape index (κ3) is 3.45. The van der Waals surface area contributed by atoms with Crippen molar-refractivity contribution in [1.29, 1.82) is 0 Å². The fourth-order valence-electron chi connectivity index (χ4n) is 2.09. The van der Waals surface area contributed by atoms with E-state index in [4.69, 9.17) is 11.6 Å². The van der Waals surface area contributed by atoms with Crippen molar-refractivity contribution < 1.29 is 9.72 Å². The van der Waals surface area contributed by atoms with E-state index in [9.17, 15) is 14.9 Å². The van der Waals surface area contributed by atoms with Crippen molar-refractivity contribution in [2.75, 3.05) is 5.32 Å². The van der Waals surface area contributed by atoms with Crippen molar-refractivity contribution >= 4 is 44.8 Å². The summed E-state index contributed by atoms with van der Waals surface area (Å²) in [6.45, 7) is 3.73. The maximum Gasteiger partial charge on any atom is 0.270 e. The normalized spacial score (nSPS) is 10.4. The smallest absolute Gasteiger partial charge is 0.270 e. The summed E-state index contributed by atoms with van der Waals surface area (Å²) in [4.78, 5) is 22.6. The number of hydrogen-bond acceptors (Lipinski definition) is 3. The molecule has 0 unspecified atom stereocenters. The highest BCUT2D eigenvalue weighted by atomic mass is 79.9. The summed E-state index contributed by atoms with van der Waals surface area (Å²) in [5.74, 6) is -0.484. The maximum absolute atomic E-state index is 12.4. The zero-order valence-corrected chi connectivity index (χ0v) is 14.2. The van der Waals surface area contributed by atoms with E-state index >= 15 is 0 Å². The predicted octanol–water partition coefficient (Wildman–Crippen LogP) is 4.88. The number of halogens is 2. The second-order valence-electron chi connectivity index (χ2n) is 4.79. The van der Waals surface area contributed by atoms with E-state index in [-0.39, 0.29) is 16.3 Å². The molecule has 0 aliphatic rings. The Labute approximate surface area is 140 Å². The Morgan fingerprint density at radius 1 is 1.23 bits per heavy atom. The first-order chi connectivity index (χ1) is 10.3. The van der Waals surface area contributed by atoms with Gasteiger partial charge in [-0.05, 0) is 43.2 Å². The van der Waals surface area contributed by atoms with Crippen LogP contribution in [0.5, 0.6) is 0 Å². The van der Waals surface area contributed by atoms with E-state index in [0.29, 0.717) is 5.69 Å². The summed E-state index contributed by atoms with van der Waals surface area (Å²) in [5, 5.41) is 13.7. The number of amides is 1. The molecule has 2 rings (SSSR count). The second-order valence-corrected chi connectivity index (χ2v) is 6.11. The summed E-state index contributed by atoms with van der Waals surface area (Å²) in [6.07, 6.45) is 0. The number of non-ortho nitro benzene ring substituents is 1. The van der Waals surface area contributed by atoms with Gasteiger partial charge in [0.25, 0.3) is 11.6 Å². The highest BCUT2D eigenvalue weighted by molar-refractivity contribution is 9.10. The van der Waals surface area contributed by atoms with Gasteiger partial charge in [0.05, 0.1) is 15.5 Å². The van der Waals surface area contributed by atoms with Crippen molar-refractivity contribution in [2.24, 2.45) is 0 Å². The molecule has 0 saturated heterocycles. The monoisotopic (exact) mass is 382 g/mol. The molecule has 114 valence electrons. The van der Waals surface area contributed by atoms with Crippen molar-refractivity contribution in [3.05, 3.63) is 66.6 Å². The second kappa shape index (κ2) is 6.46. The molecule has 0 atom stereocenters. The van der Waals surface area contributed by atoms with Crippen LogP contribution in [0.4, 0.5) is 11.4 Å². The minimum Gasteiger partial charge on any atom is -0.321 e. The average molecular weight is 384 g/mol. The molecule has 0 radical (unpaired) electrons. The van der Waals surface area contributed by atoms with Crippen LogP contribution in [0, 0.1) is 24.0 Å². The van der Waals surface area contributed by atoms with Crippen LogP contribution in [-0.2, 0) is 0 Å². The van der Waals surface area contributed by atoms with Gasteiger partial charge in [0.1, 0.15) is 0 Å². The number of nitro groups is 1. The Hall–Kier alpha value is -1.92. The highest BCUT2D eigenvalue weighted by Gasteiger charge is 2.17. The number of nitro benzene ring substituents is 1. The molecule has 0 heterocycles. The Kier molecular flexibility index (Phi) is 4.83. The van der Waals surface area contributed by atoms with Crippen molar-refractivity contribution in [3.63, 3.8) is 0 Å². The standard InChI is InChI=1S/C15H12BrClN2O3/c1-8-5-10(16)6-9(2)14(8)18-15(20)12-7-11(19(21)22)3-4-13(12)17/h3-7H,1-2H3,(H,18,20). The van der Waals surface area contributed by atoms with Gasteiger partial charge in [0.2, 0.25) is 0 Å². The number of carbonyl (C=O) groups excluding carboxylic acids is 1. The topological polar surface area (TPSA) is 72.2 Å². The van der Waals surface area contributed by atoms with Crippen LogP contribution in [0.25, 0.3) is 0 Å². The first-order valence-corrected chi connectivity index (χ1v) is 7.48. The maximum atomic E-state index is 12.4. The number of hydrogen-bond donors (Lipinski definition) is 1. The van der Waals surface area contributed by atoms with Crippen LogP contribution >= 0.6 is 27.5 Å². The van der Waals surface area contributed by atoms with Gasteiger partial charge in [0.15, 0.2) is 0 Å². The SMILES string of the molecule is Cc1cc(Br)cc(C)c1NC(=O)c1cc([N+](=O)[O-])ccc1Cl. The molecule has 0 aliphatic carbocycles. The molecule has 0 fully saturated rings. The van der Waals surface area contributed by atoms with Gasteiger partial charge in [-0.25, -0.2) is 0 Å². The number of nitrogens with zero attached hydrogens (tertiary/aromatic N) is 1. The van der Waals surface area contributed by atoms with Crippen molar-refractivity contribution in [1.82, 2.24) is 0 Å². The number of rotatable bonds is 3. The first-order valence-electron chi connectivity index (χ1n) is 6.31. The molecule has 2 aromatic carbocycles. The highest BCUT2D eigenvalue weighted by Crippen LogP contribution is 2.27. The largest absolute Gasteiger partial charge is 0.321 e. The van der Waals surface area contributed by atoms with Crippen LogP contribution in [0.3, 0.4) is 0 Å². The molecule has 5 nitrogen and oxygen atoms in total. The molecular weight excluding hydrogens is 372 g/mol. The summed E-state index contributed by atoms with van der Waals surface area (Å²) in [6, 6.07) is 7.52. The molecule has 1 N–H and O–H groups in total. The molecule has 2 aromatic rings. The van der Waals surface area contributed by atoms with Crippen LogP contribution < -0.4 is 5.32 Å². The van der Waals surface area contributed by atoms with Crippen molar-refractivity contribution in [2.45, 2.75) is 13.8 Å². The number of aryl methyl sites for hydroxylation is 2. The zero-order chi connectivity index (χ0) is 16.4. The zero-order valence-electron chi connectivity index (χ0n) is 11.8. The Balaban J connectivity index is 2.38. The molecule has 7 heteroatoms. The fourth-order valence-corrected chi connectivity index (χ4v) is 2.98. The average Bonchev–Trinajstić information content (AvgIpc) is 2.42.